The zero-order chi connectivity index (χ0) is 14.8. The number of fused-ring (bicyclic) bond motifs is 1. The van der Waals surface area contributed by atoms with Gasteiger partial charge in [0.1, 0.15) is 17.9 Å². The number of anilines is 1. The van der Waals surface area contributed by atoms with Crippen LogP contribution in [0.1, 0.15) is 25.6 Å². The zero-order valence-corrected chi connectivity index (χ0v) is 12.2. The molecule has 0 aliphatic carbocycles. The van der Waals surface area contributed by atoms with Gasteiger partial charge in [-0.05, 0) is 44.2 Å². The number of nitrogens with zero attached hydrogens (tertiary/aromatic N) is 3. The number of ether oxygens (including phenoxy) is 1. The van der Waals surface area contributed by atoms with Gasteiger partial charge in [0, 0.05) is 29.5 Å². The summed E-state index contributed by atoms with van der Waals surface area (Å²) >= 11 is 0. The van der Waals surface area contributed by atoms with Gasteiger partial charge in [-0.15, -0.1) is 0 Å². The van der Waals surface area contributed by atoms with Crippen LogP contribution in [0.2, 0.25) is 0 Å². The summed E-state index contributed by atoms with van der Waals surface area (Å²) in [6.45, 7) is 4.60. The smallest absolute Gasteiger partial charge is 0.146 e. The number of nitrogen functional groups attached to an aromatic ring is 1. The highest BCUT2D eigenvalue weighted by Gasteiger charge is 2.08. The molecule has 0 atom stereocenters. The monoisotopic (exact) mass is 282 g/mol. The number of nitrogens with two attached hydrogens (primary N) is 1. The van der Waals surface area contributed by atoms with E-state index in [1.54, 1.807) is 6.20 Å². The van der Waals surface area contributed by atoms with Crippen LogP contribution < -0.4 is 10.5 Å². The van der Waals surface area contributed by atoms with Crippen molar-refractivity contribution in [2.75, 3.05) is 5.73 Å². The minimum absolute atomic E-state index is 0.345. The highest BCUT2D eigenvalue weighted by atomic mass is 16.5. The van der Waals surface area contributed by atoms with E-state index in [1.807, 2.05) is 41.2 Å². The highest BCUT2D eigenvalue weighted by Crippen LogP contribution is 2.28. The molecule has 2 N–H and O–H groups in total. The molecule has 0 radical (unpaired) electrons. The van der Waals surface area contributed by atoms with E-state index in [2.05, 4.69) is 23.9 Å². The van der Waals surface area contributed by atoms with E-state index in [-0.39, 0.29) is 0 Å². The van der Waals surface area contributed by atoms with Gasteiger partial charge in [-0.3, -0.25) is 9.67 Å². The number of rotatable bonds is 4. The van der Waals surface area contributed by atoms with Gasteiger partial charge in [0.25, 0.3) is 0 Å². The Balaban J connectivity index is 1.83. The van der Waals surface area contributed by atoms with Crippen LogP contribution in [0.4, 0.5) is 5.69 Å². The molecule has 2 aromatic heterocycles. The Kier molecular flexibility index (Phi) is 3.48. The minimum Gasteiger partial charge on any atom is -0.485 e. The van der Waals surface area contributed by atoms with Gasteiger partial charge in [-0.25, -0.2) is 0 Å². The maximum Gasteiger partial charge on any atom is 0.146 e. The van der Waals surface area contributed by atoms with E-state index in [4.69, 9.17) is 10.5 Å². The first-order chi connectivity index (χ1) is 10.1. The van der Waals surface area contributed by atoms with Crippen molar-refractivity contribution in [2.24, 2.45) is 0 Å². The molecule has 21 heavy (non-hydrogen) atoms. The number of hydrogen-bond donors (Lipinski definition) is 1. The van der Waals surface area contributed by atoms with E-state index in [0.29, 0.717) is 18.3 Å². The van der Waals surface area contributed by atoms with E-state index in [0.717, 1.165) is 22.3 Å². The Morgan fingerprint density at radius 1 is 1.24 bits per heavy atom. The molecule has 0 aliphatic heterocycles. The van der Waals surface area contributed by atoms with E-state index < -0.39 is 0 Å². The summed E-state index contributed by atoms with van der Waals surface area (Å²) in [5, 5.41) is 5.37. The molecular formula is C16H18N4O. The van der Waals surface area contributed by atoms with Crippen molar-refractivity contribution in [2.45, 2.75) is 26.5 Å². The van der Waals surface area contributed by atoms with Crippen molar-refractivity contribution in [1.29, 1.82) is 0 Å². The molecular weight excluding hydrogens is 264 g/mol. The van der Waals surface area contributed by atoms with Crippen molar-refractivity contribution >= 4 is 16.6 Å². The van der Waals surface area contributed by atoms with Crippen LogP contribution in [0.25, 0.3) is 10.9 Å². The third kappa shape index (κ3) is 2.67. The van der Waals surface area contributed by atoms with Crippen molar-refractivity contribution in [1.82, 2.24) is 14.8 Å². The van der Waals surface area contributed by atoms with Gasteiger partial charge in [0.05, 0.1) is 5.69 Å². The predicted octanol–water partition coefficient (Wildman–Crippen LogP) is 3.17. The molecule has 1 aromatic carbocycles. The fourth-order valence-electron chi connectivity index (χ4n) is 2.18. The van der Waals surface area contributed by atoms with Crippen LogP contribution in [0.15, 0.2) is 42.7 Å². The van der Waals surface area contributed by atoms with Gasteiger partial charge >= 0.3 is 0 Å². The predicted molar refractivity (Wildman–Crippen MR) is 83.1 cm³/mol. The number of benzene rings is 1. The van der Waals surface area contributed by atoms with Gasteiger partial charge in [0.2, 0.25) is 0 Å². The van der Waals surface area contributed by atoms with Crippen LogP contribution in [-0.2, 0) is 6.61 Å². The lowest BCUT2D eigenvalue weighted by Crippen LogP contribution is -2.03. The van der Waals surface area contributed by atoms with Crippen LogP contribution in [0.5, 0.6) is 5.75 Å². The molecule has 0 spiro atoms. The molecule has 0 unspecified atom stereocenters. The second kappa shape index (κ2) is 5.44. The van der Waals surface area contributed by atoms with Crippen molar-refractivity contribution in [3.63, 3.8) is 0 Å². The first kappa shape index (κ1) is 13.4. The average molecular weight is 282 g/mol. The molecule has 0 amide bonds. The van der Waals surface area contributed by atoms with Crippen molar-refractivity contribution < 1.29 is 4.74 Å². The largest absolute Gasteiger partial charge is 0.485 e. The fraction of sp³-hybridized carbons (Fsp3) is 0.250. The average Bonchev–Trinajstić information content (AvgIpc) is 2.96. The standard InChI is InChI=1S/C16H18N4O/c1-11(2)20-9-7-12(19-20)10-21-15-6-5-14(17)13-4-3-8-18-16(13)15/h3-9,11H,10,17H2,1-2H3. The molecule has 0 saturated heterocycles. The SMILES string of the molecule is CC(C)n1ccc(COc2ccc(N)c3cccnc23)n1. The molecule has 5 nitrogen and oxygen atoms in total. The van der Waals surface area contributed by atoms with Crippen molar-refractivity contribution in [3.05, 3.63) is 48.4 Å². The van der Waals surface area contributed by atoms with Gasteiger partial charge < -0.3 is 10.5 Å². The molecule has 0 fully saturated rings. The lowest BCUT2D eigenvalue weighted by molar-refractivity contribution is 0.302. The summed E-state index contributed by atoms with van der Waals surface area (Å²) in [7, 11) is 0. The number of hydrogen-bond acceptors (Lipinski definition) is 4. The normalized spacial score (nSPS) is 11.2. The third-order valence-corrected chi connectivity index (χ3v) is 3.33. The minimum atomic E-state index is 0.345. The lowest BCUT2D eigenvalue weighted by atomic mass is 10.2. The second-order valence-corrected chi connectivity index (χ2v) is 5.22. The van der Waals surface area contributed by atoms with E-state index in [9.17, 15) is 0 Å². The Hall–Kier alpha value is -2.56. The topological polar surface area (TPSA) is 66.0 Å². The molecule has 0 aliphatic rings. The maximum absolute atomic E-state index is 5.96. The Labute approximate surface area is 123 Å². The first-order valence-corrected chi connectivity index (χ1v) is 6.95. The fourth-order valence-corrected chi connectivity index (χ4v) is 2.18. The Morgan fingerprint density at radius 2 is 2.10 bits per heavy atom. The molecule has 0 bridgehead atoms. The summed E-state index contributed by atoms with van der Waals surface area (Å²) in [5.41, 5.74) is 8.33. The Morgan fingerprint density at radius 3 is 2.86 bits per heavy atom. The first-order valence-electron chi connectivity index (χ1n) is 6.95. The lowest BCUT2D eigenvalue weighted by Gasteiger charge is -2.09. The molecule has 0 saturated carbocycles. The van der Waals surface area contributed by atoms with Crippen LogP contribution in [-0.4, -0.2) is 14.8 Å². The van der Waals surface area contributed by atoms with Crippen LogP contribution >= 0.6 is 0 Å². The molecule has 2 heterocycles. The second-order valence-electron chi connectivity index (χ2n) is 5.22. The van der Waals surface area contributed by atoms with Crippen LogP contribution in [0.3, 0.4) is 0 Å². The molecule has 3 aromatic rings. The zero-order valence-electron chi connectivity index (χ0n) is 12.2. The van der Waals surface area contributed by atoms with Crippen molar-refractivity contribution in [3.8, 4) is 5.75 Å². The Bertz CT molecular complexity index is 764. The molecule has 108 valence electrons. The molecule has 3 rings (SSSR count). The number of aromatic nitrogens is 3. The summed E-state index contributed by atoms with van der Waals surface area (Å²) < 4.78 is 7.77. The maximum atomic E-state index is 5.96. The summed E-state index contributed by atoms with van der Waals surface area (Å²) in [6.07, 6.45) is 3.70. The van der Waals surface area contributed by atoms with Gasteiger partial charge in [0.15, 0.2) is 0 Å². The van der Waals surface area contributed by atoms with E-state index >= 15 is 0 Å². The summed E-state index contributed by atoms with van der Waals surface area (Å²) in [6, 6.07) is 9.81. The van der Waals surface area contributed by atoms with Gasteiger partial charge in [-0.2, -0.15) is 5.10 Å². The number of pyridine rings is 1. The quantitative estimate of drug-likeness (QED) is 0.746. The third-order valence-electron chi connectivity index (χ3n) is 3.33. The van der Waals surface area contributed by atoms with Gasteiger partial charge in [-0.1, -0.05) is 0 Å². The van der Waals surface area contributed by atoms with Crippen LogP contribution in [0, 0.1) is 0 Å². The van der Waals surface area contributed by atoms with E-state index in [1.165, 1.54) is 0 Å². The highest BCUT2D eigenvalue weighted by molar-refractivity contribution is 5.94. The summed E-state index contributed by atoms with van der Waals surface area (Å²) in [5.74, 6) is 0.721. The molecule has 5 heteroatoms. The summed E-state index contributed by atoms with van der Waals surface area (Å²) in [4.78, 5) is 4.36.